The Balaban J connectivity index is 3.15. The number of aryl methyl sites for hydroxylation is 1. The molecular weight excluding hydrogens is 292 g/mol. The molecule has 0 aromatic heterocycles. The van der Waals surface area contributed by atoms with Gasteiger partial charge in [0.1, 0.15) is 10.6 Å². The molecule has 1 unspecified atom stereocenters. The summed E-state index contributed by atoms with van der Waals surface area (Å²) in [5.41, 5.74) is 6.91. The minimum atomic E-state index is -3.81. The molecule has 120 valence electrons. The minimum absolute atomic E-state index is 0.0182. The number of ether oxygens (including phenoxy) is 1. The highest BCUT2D eigenvalue weighted by Gasteiger charge is 2.24. The fraction of sp³-hybridized carbons (Fsp3) is 0.571. The third-order valence-electron chi connectivity index (χ3n) is 3.14. The molecule has 7 heteroatoms. The summed E-state index contributed by atoms with van der Waals surface area (Å²) in [4.78, 5) is -0.0182. The van der Waals surface area contributed by atoms with Gasteiger partial charge in [-0.15, -0.1) is 0 Å². The van der Waals surface area contributed by atoms with Crippen molar-refractivity contribution in [2.24, 2.45) is 5.92 Å². The van der Waals surface area contributed by atoms with Gasteiger partial charge in [0.15, 0.2) is 0 Å². The number of nitrogens with two attached hydrogens (primary N) is 1. The number of benzene rings is 1. The Hall–Kier alpha value is -1.31. The van der Waals surface area contributed by atoms with E-state index in [0.29, 0.717) is 12.1 Å². The monoisotopic (exact) mass is 316 g/mol. The van der Waals surface area contributed by atoms with Crippen molar-refractivity contribution in [1.29, 1.82) is 0 Å². The number of methoxy groups -OCH3 is 1. The van der Waals surface area contributed by atoms with Gasteiger partial charge < -0.3 is 15.6 Å². The van der Waals surface area contributed by atoms with Crippen molar-refractivity contribution < 1.29 is 18.3 Å². The van der Waals surface area contributed by atoms with Crippen molar-refractivity contribution in [2.45, 2.75) is 38.1 Å². The standard InChI is InChI=1S/C14H24N2O4S/c1-9(2)5-11(8-17)16-21(18,19)14-7-12(15)10(3)6-13(14)20-4/h6-7,9,11,16-17H,5,8,15H2,1-4H3. The predicted octanol–water partition coefficient (Wildman–Crippen LogP) is 1.27. The van der Waals surface area contributed by atoms with Crippen molar-refractivity contribution in [3.63, 3.8) is 0 Å². The summed E-state index contributed by atoms with van der Waals surface area (Å²) in [6.45, 7) is 5.43. The van der Waals surface area contributed by atoms with Gasteiger partial charge in [0, 0.05) is 11.7 Å². The molecule has 0 spiro atoms. The molecule has 1 aromatic rings. The molecule has 0 radical (unpaired) electrons. The Kier molecular flexibility index (Phi) is 6.00. The van der Waals surface area contributed by atoms with Crippen LogP contribution in [0, 0.1) is 12.8 Å². The third kappa shape index (κ3) is 4.59. The van der Waals surface area contributed by atoms with Crippen molar-refractivity contribution >= 4 is 15.7 Å². The molecular formula is C14H24N2O4S. The van der Waals surface area contributed by atoms with E-state index >= 15 is 0 Å². The number of sulfonamides is 1. The first-order valence-corrected chi connectivity index (χ1v) is 8.26. The van der Waals surface area contributed by atoms with Crippen LogP contribution in [0.2, 0.25) is 0 Å². The van der Waals surface area contributed by atoms with Crippen molar-refractivity contribution in [3.05, 3.63) is 17.7 Å². The van der Waals surface area contributed by atoms with Crippen LogP contribution in [-0.4, -0.2) is 33.3 Å². The fourth-order valence-corrected chi connectivity index (χ4v) is 3.48. The maximum absolute atomic E-state index is 12.5. The molecule has 0 saturated carbocycles. The van der Waals surface area contributed by atoms with E-state index < -0.39 is 16.1 Å². The minimum Gasteiger partial charge on any atom is -0.495 e. The van der Waals surface area contributed by atoms with Gasteiger partial charge in [-0.2, -0.15) is 0 Å². The summed E-state index contributed by atoms with van der Waals surface area (Å²) >= 11 is 0. The van der Waals surface area contributed by atoms with Crippen molar-refractivity contribution in [2.75, 3.05) is 19.5 Å². The SMILES string of the molecule is COc1cc(C)c(N)cc1S(=O)(=O)NC(CO)CC(C)C. The lowest BCUT2D eigenvalue weighted by Crippen LogP contribution is -2.38. The van der Waals surface area contributed by atoms with Crippen LogP contribution in [0.5, 0.6) is 5.75 Å². The van der Waals surface area contributed by atoms with Gasteiger partial charge >= 0.3 is 0 Å². The van der Waals surface area contributed by atoms with Crippen LogP contribution in [0.4, 0.5) is 5.69 Å². The molecule has 0 aliphatic rings. The summed E-state index contributed by atoms with van der Waals surface area (Å²) in [7, 11) is -2.41. The highest BCUT2D eigenvalue weighted by molar-refractivity contribution is 7.89. The molecule has 4 N–H and O–H groups in total. The largest absolute Gasteiger partial charge is 0.495 e. The van der Waals surface area contributed by atoms with Crippen LogP contribution in [-0.2, 0) is 10.0 Å². The zero-order valence-electron chi connectivity index (χ0n) is 12.9. The number of rotatable bonds is 7. The highest BCUT2D eigenvalue weighted by atomic mass is 32.2. The second kappa shape index (κ2) is 7.11. The lowest BCUT2D eigenvalue weighted by molar-refractivity contribution is 0.240. The molecule has 1 atom stereocenters. The van der Waals surface area contributed by atoms with E-state index in [0.717, 1.165) is 5.56 Å². The van der Waals surface area contributed by atoms with Crippen molar-refractivity contribution in [1.82, 2.24) is 4.72 Å². The molecule has 1 aromatic carbocycles. The maximum Gasteiger partial charge on any atom is 0.244 e. The lowest BCUT2D eigenvalue weighted by Gasteiger charge is -2.19. The fourth-order valence-electron chi connectivity index (χ4n) is 2.06. The van der Waals surface area contributed by atoms with Crippen LogP contribution in [0.15, 0.2) is 17.0 Å². The lowest BCUT2D eigenvalue weighted by atomic mass is 10.1. The van der Waals surface area contributed by atoms with Crippen LogP contribution in [0.25, 0.3) is 0 Å². The summed E-state index contributed by atoms with van der Waals surface area (Å²) in [5.74, 6) is 0.491. The van der Waals surface area contributed by atoms with Gasteiger partial charge in [0.2, 0.25) is 10.0 Å². The van der Waals surface area contributed by atoms with Gasteiger partial charge in [0.25, 0.3) is 0 Å². The summed E-state index contributed by atoms with van der Waals surface area (Å²) in [6.07, 6.45) is 0.541. The second-order valence-corrected chi connectivity index (χ2v) is 7.17. The normalized spacial score (nSPS) is 13.4. The van der Waals surface area contributed by atoms with E-state index in [4.69, 9.17) is 10.5 Å². The average Bonchev–Trinajstić information content (AvgIpc) is 2.39. The molecule has 0 bridgehead atoms. The van der Waals surface area contributed by atoms with Crippen LogP contribution < -0.4 is 15.2 Å². The van der Waals surface area contributed by atoms with Crippen LogP contribution in [0.1, 0.15) is 25.8 Å². The molecule has 21 heavy (non-hydrogen) atoms. The van der Waals surface area contributed by atoms with Gasteiger partial charge in [0.05, 0.1) is 13.7 Å². The first-order valence-electron chi connectivity index (χ1n) is 6.78. The molecule has 1 rings (SSSR count). The highest BCUT2D eigenvalue weighted by Crippen LogP contribution is 2.29. The molecule has 0 fully saturated rings. The number of aliphatic hydroxyl groups excluding tert-OH is 1. The van der Waals surface area contributed by atoms with Crippen LogP contribution in [0.3, 0.4) is 0 Å². The Bertz CT molecular complexity index is 585. The van der Waals surface area contributed by atoms with Gasteiger partial charge in [-0.25, -0.2) is 13.1 Å². The van der Waals surface area contributed by atoms with E-state index in [2.05, 4.69) is 4.72 Å². The van der Waals surface area contributed by atoms with E-state index in [1.54, 1.807) is 13.0 Å². The number of hydrogen-bond donors (Lipinski definition) is 3. The molecule has 0 heterocycles. The zero-order valence-corrected chi connectivity index (χ0v) is 13.7. The first-order chi connectivity index (χ1) is 9.71. The van der Waals surface area contributed by atoms with Gasteiger partial charge in [-0.1, -0.05) is 13.8 Å². The smallest absolute Gasteiger partial charge is 0.244 e. The molecule has 0 saturated heterocycles. The van der Waals surface area contributed by atoms with Crippen LogP contribution >= 0.6 is 0 Å². The number of aliphatic hydroxyl groups is 1. The molecule has 0 amide bonds. The van der Waals surface area contributed by atoms with E-state index in [9.17, 15) is 13.5 Å². The van der Waals surface area contributed by atoms with E-state index in [1.807, 2.05) is 13.8 Å². The average molecular weight is 316 g/mol. The number of nitrogens with one attached hydrogen (secondary N) is 1. The Morgan fingerprint density at radius 1 is 1.38 bits per heavy atom. The predicted molar refractivity (Wildman–Crippen MR) is 82.8 cm³/mol. The van der Waals surface area contributed by atoms with Gasteiger partial charge in [-0.05, 0) is 37.0 Å². The molecule has 0 aliphatic carbocycles. The topological polar surface area (TPSA) is 102 Å². The number of anilines is 1. The summed E-state index contributed by atoms with van der Waals surface area (Å²) in [5, 5.41) is 9.33. The molecule has 6 nitrogen and oxygen atoms in total. The number of hydrogen-bond acceptors (Lipinski definition) is 5. The first kappa shape index (κ1) is 17.7. The van der Waals surface area contributed by atoms with Crippen molar-refractivity contribution in [3.8, 4) is 5.75 Å². The summed E-state index contributed by atoms with van der Waals surface area (Å²) in [6, 6.07) is 2.42. The summed E-state index contributed by atoms with van der Waals surface area (Å²) < 4.78 is 32.6. The Morgan fingerprint density at radius 3 is 2.48 bits per heavy atom. The second-order valence-electron chi connectivity index (χ2n) is 5.49. The Morgan fingerprint density at radius 2 is 2.00 bits per heavy atom. The Labute approximate surface area is 126 Å². The zero-order chi connectivity index (χ0) is 16.2. The quantitative estimate of drug-likeness (QED) is 0.658. The number of nitrogen functional groups attached to an aromatic ring is 1. The van der Waals surface area contributed by atoms with E-state index in [1.165, 1.54) is 13.2 Å². The maximum atomic E-state index is 12.5. The third-order valence-corrected chi connectivity index (χ3v) is 4.68. The van der Waals surface area contributed by atoms with Gasteiger partial charge in [-0.3, -0.25) is 0 Å². The molecule has 0 aliphatic heterocycles. The van der Waals surface area contributed by atoms with E-state index in [-0.39, 0.29) is 23.2 Å².